The summed E-state index contributed by atoms with van der Waals surface area (Å²) in [6.45, 7) is 0.930. The number of amidine groups is 1. The zero-order valence-corrected chi connectivity index (χ0v) is 23.8. The standard InChI is InChI=1S/C29H31ClF5N7O/c30-22-12-18(3-1-4-24(36)29(33,34)35)11-21(26(22)32)23-13-19-16-42(28(43)41-27(19)40-23)20-7-5-17(6-8-20)15-38-9-2-10-39-25(37)14-31/h5-8,11-13,16,24,38H,1-4,9-10,14-15,36H2,(H2,37,39)(H,40,41,43). The van der Waals surface area contributed by atoms with Gasteiger partial charge in [-0.25, -0.2) is 13.6 Å². The number of aromatic amines is 1. The van der Waals surface area contributed by atoms with E-state index in [1.807, 2.05) is 12.1 Å². The third kappa shape index (κ3) is 8.39. The topological polar surface area (TPSA) is 127 Å². The Morgan fingerprint density at radius 1 is 1.14 bits per heavy atom. The maximum atomic E-state index is 15.0. The fraction of sp³-hybridized carbons (Fsp3) is 0.345. The van der Waals surface area contributed by atoms with Crippen molar-refractivity contribution in [3.05, 3.63) is 81.1 Å². The second-order valence-corrected chi connectivity index (χ2v) is 10.5. The van der Waals surface area contributed by atoms with E-state index in [2.05, 4.69) is 20.3 Å². The first-order chi connectivity index (χ1) is 20.5. The minimum Gasteiger partial charge on any atom is -0.385 e. The van der Waals surface area contributed by atoms with Crippen LogP contribution in [0.25, 0.3) is 28.0 Å². The monoisotopic (exact) mass is 623 g/mol. The van der Waals surface area contributed by atoms with Crippen molar-refractivity contribution in [1.82, 2.24) is 19.9 Å². The van der Waals surface area contributed by atoms with Crippen molar-refractivity contribution in [3.8, 4) is 16.9 Å². The number of hydrogen-bond donors (Lipinski definition) is 4. The molecule has 0 aliphatic heterocycles. The SMILES string of the molecule is NC(CF)=NCCCNCc1ccc(-n2cc3cc(-c4cc(CCCC(N)C(F)(F)F)cc(Cl)c4F)[nH]c3nc2=O)cc1. The lowest BCUT2D eigenvalue weighted by Crippen LogP contribution is -2.37. The number of benzene rings is 2. The molecule has 14 heteroatoms. The molecule has 1 unspecified atom stereocenters. The second kappa shape index (κ2) is 14.1. The van der Waals surface area contributed by atoms with E-state index < -0.39 is 30.4 Å². The number of H-pyrrole nitrogens is 1. The maximum absolute atomic E-state index is 15.0. The maximum Gasteiger partial charge on any atom is 0.403 e. The third-order valence-corrected chi connectivity index (χ3v) is 7.07. The zero-order valence-electron chi connectivity index (χ0n) is 23.0. The summed E-state index contributed by atoms with van der Waals surface area (Å²) >= 11 is 6.11. The summed E-state index contributed by atoms with van der Waals surface area (Å²) in [5.74, 6) is -0.720. The first-order valence-electron chi connectivity index (χ1n) is 13.5. The average molecular weight is 624 g/mol. The van der Waals surface area contributed by atoms with Gasteiger partial charge in [-0.3, -0.25) is 9.56 Å². The van der Waals surface area contributed by atoms with Crippen LogP contribution in [-0.4, -0.2) is 52.4 Å². The van der Waals surface area contributed by atoms with Gasteiger partial charge in [-0.15, -0.1) is 0 Å². The number of halogens is 6. The number of nitrogens with zero attached hydrogens (tertiary/aromatic N) is 3. The minimum atomic E-state index is -4.48. The summed E-state index contributed by atoms with van der Waals surface area (Å²) in [5.41, 5.74) is 12.7. The van der Waals surface area contributed by atoms with E-state index in [9.17, 15) is 22.4 Å². The molecule has 4 aromatic rings. The molecule has 2 heterocycles. The molecule has 0 aliphatic rings. The molecule has 0 fully saturated rings. The molecule has 0 bridgehead atoms. The molecule has 0 spiro atoms. The van der Waals surface area contributed by atoms with Crippen LogP contribution in [-0.2, 0) is 13.0 Å². The second-order valence-electron chi connectivity index (χ2n) is 10.1. The molecule has 4 rings (SSSR count). The highest BCUT2D eigenvalue weighted by Crippen LogP contribution is 2.32. The van der Waals surface area contributed by atoms with Crippen molar-refractivity contribution in [2.75, 3.05) is 19.8 Å². The Morgan fingerprint density at radius 2 is 1.88 bits per heavy atom. The van der Waals surface area contributed by atoms with Crippen molar-refractivity contribution >= 4 is 28.5 Å². The van der Waals surface area contributed by atoms with Crippen LogP contribution in [0.5, 0.6) is 0 Å². The van der Waals surface area contributed by atoms with Crippen LogP contribution in [0.2, 0.25) is 5.02 Å². The van der Waals surface area contributed by atoms with Crippen molar-refractivity contribution in [1.29, 1.82) is 0 Å². The Kier molecular flexibility index (Phi) is 10.5. The van der Waals surface area contributed by atoms with Gasteiger partial charge in [-0.2, -0.15) is 18.2 Å². The highest BCUT2D eigenvalue weighted by atomic mass is 35.5. The Labute approximate surface area is 249 Å². The fourth-order valence-corrected chi connectivity index (χ4v) is 4.72. The molecule has 230 valence electrons. The molecule has 0 aliphatic carbocycles. The molecule has 8 nitrogen and oxygen atoms in total. The number of hydrogen-bond acceptors (Lipinski definition) is 5. The van der Waals surface area contributed by atoms with Crippen LogP contribution in [0, 0.1) is 5.82 Å². The van der Waals surface area contributed by atoms with Gasteiger partial charge in [0.15, 0.2) is 5.82 Å². The van der Waals surface area contributed by atoms with E-state index in [1.165, 1.54) is 16.7 Å². The van der Waals surface area contributed by atoms with Gasteiger partial charge >= 0.3 is 11.9 Å². The number of fused-ring (bicyclic) bond motifs is 1. The number of aryl methyl sites for hydroxylation is 1. The van der Waals surface area contributed by atoms with Crippen LogP contribution in [0.4, 0.5) is 22.0 Å². The number of rotatable bonds is 13. The van der Waals surface area contributed by atoms with Gasteiger partial charge in [0.25, 0.3) is 0 Å². The minimum absolute atomic E-state index is 0.0116. The van der Waals surface area contributed by atoms with E-state index in [0.29, 0.717) is 48.4 Å². The van der Waals surface area contributed by atoms with Gasteiger partial charge < -0.3 is 21.8 Å². The van der Waals surface area contributed by atoms with Gasteiger partial charge in [0.2, 0.25) is 0 Å². The smallest absolute Gasteiger partial charge is 0.385 e. The molecule has 0 saturated carbocycles. The van der Waals surface area contributed by atoms with E-state index in [0.717, 1.165) is 5.56 Å². The van der Waals surface area contributed by atoms with E-state index >= 15 is 4.39 Å². The van der Waals surface area contributed by atoms with Crippen LogP contribution in [0.15, 0.2) is 58.4 Å². The predicted molar refractivity (Wildman–Crippen MR) is 158 cm³/mol. The van der Waals surface area contributed by atoms with E-state index in [4.69, 9.17) is 23.1 Å². The van der Waals surface area contributed by atoms with Crippen LogP contribution in [0.1, 0.15) is 30.4 Å². The number of nitrogens with one attached hydrogen (secondary N) is 2. The molecule has 2 aromatic heterocycles. The Bertz CT molecular complexity index is 1630. The summed E-state index contributed by atoms with van der Waals surface area (Å²) in [4.78, 5) is 23.8. The first kappa shape index (κ1) is 32.1. The predicted octanol–water partition coefficient (Wildman–Crippen LogP) is 5.19. The fourth-order valence-electron chi connectivity index (χ4n) is 4.48. The summed E-state index contributed by atoms with van der Waals surface area (Å²) in [5, 5.41) is 3.62. The first-order valence-corrected chi connectivity index (χ1v) is 13.9. The molecule has 0 amide bonds. The van der Waals surface area contributed by atoms with Gasteiger partial charge in [-0.05, 0) is 73.7 Å². The highest BCUT2D eigenvalue weighted by Gasteiger charge is 2.35. The van der Waals surface area contributed by atoms with Gasteiger partial charge in [0.1, 0.15) is 24.2 Å². The summed E-state index contributed by atoms with van der Waals surface area (Å²) < 4.78 is 66.8. The molecule has 0 saturated heterocycles. The number of alkyl halides is 4. The van der Waals surface area contributed by atoms with Gasteiger partial charge in [0.05, 0.1) is 16.4 Å². The third-order valence-electron chi connectivity index (χ3n) is 6.79. The van der Waals surface area contributed by atoms with Crippen molar-refractivity contribution in [2.45, 2.75) is 44.4 Å². The van der Waals surface area contributed by atoms with Gasteiger partial charge in [0, 0.05) is 30.2 Å². The lowest BCUT2D eigenvalue weighted by Gasteiger charge is -2.15. The molecule has 43 heavy (non-hydrogen) atoms. The van der Waals surface area contributed by atoms with Crippen LogP contribution < -0.4 is 22.5 Å². The quantitative estimate of drug-likeness (QED) is 0.0705. The summed E-state index contributed by atoms with van der Waals surface area (Å²) in [7, 11) is 0. The largest absolute Gasteiger partial charge is 0.403 e. The van der Waals surface area contributed by atoms with Crippen molar-refractivity contribution in [2.24, 2.45) is 16.5 Å². The van der Waals surface area contributed by atoms with Crippen molar-refractivity contribution in [3.63, 3.8) is 0 Å². The highest BCUT2D eigenvalue weighted by molar-refractivity contribution is 6.31. The number of aliphatic imine (C=N–C) groups is 1. The van der Waals surface area contributed by atoms with Gasteiger partial charge in [-0.1, -0.05) is 23.7 Å². The molecule has 6 N–H and O–H groups in total. The van der Waals surface area contributed by atoms with Crippen molar-refractivity contribution < 1.29 is 22.0 Å². The lowest BCUT2D eigenvalue weighted by atomic mass is 10.0. The molecule has 2 aromatic carbocycles. The van der Waals surface area contributed by atoms with Crippen LogP contribution in [0.3, 0.4) is 0 Å². The molecule has 0 radical (unpaired) electrons. The Hall–Kier alpha value is -3.81. The van der Waals surface area contributed by atoms with E-state index in [1.54, 1.807) is 24.4 Å². The molecular formula is C29H31ClF5N7O. The number of aromatic nitrogens is 3. The summed E-state index contributed by atoms with van der Waals surface area (Å²) in [6.07, 6.45) is -2.11. The average Bonchev–Trinajstić information content (AvgIpc) is 3.38. The van der Waals surface area contributed by atoms with E-state index in [-0.39, 0.29) is 41.3 Å². The van der Waals surface area contributed by atoms with Crippen LogP contribution >= 0.6 is 11.6 Å². The number of nitrogens with two attached hydrogens (primary N) is 2. The zero-order chi connectivity index (χ0) is 31.1. The normalized spacial score (nSPS) is 13.1. The molecule has 1 atom stereocenters. The Morgan fingerprint density at radius 3 is 2.58 bits per heavy atom. The molecular weight excluding hydrogens is 593 g/mol. The summed E-state index contributed by atoms with van der Waals surface area (Å²) in [6, 6.07) is 9.86. The Balaban J connectivity index is 1.47. The lowest BCUT2D eigenvalue weighted by molar-refractivity contribution is -0.149.